The number of nitrogens with one attached hydrogen (secondary N) is 3. The predicted molar refractivity (Wildman–Crippen MR) is 113 cm³/mol. The zero-order valence-corrected chi connectivity index (χ0v) is 16.0. The fourth-order valence-corrected chi connectivity index (χ4v) is 3.37. The number of benzene rings is 3. The first-order valence-electron chi connectivity index (χ1n) is 8.37. The molecule has 1 aromatic heterocycles. The van der Waals surface area contributed by atoms with Crippen LogP contribution in [0.5, 0.6) is 0 Å². The number of hydrogen-bond acceptors (Lipinski definition) is 3. The van der Waals surface area contributed by atoms with Crippen molar-refractivity contribution in [3.05, 3.63) is 71.0 Å². The number of nitrogens with two attached hydrogens (primary N) is 1. The van der Waals surface area contributed by atoms with E-state index in [4.69, 9.17) is 5.73 Å². The molecule has 0 aliphatic rings. The summed E-state index contributed by atoms with van der Waals surface area (Å²) < 4.78 is 15.3. The van der Waals surface area contributed by atoms with Crippen LogP contribution in [0.2, 0.25) is 0 Å². The highest BCUT2D eigenvalue weighted by Gasteiger charge is 2.15. The highest BCUT2D eigenvalue weighted by atomic mass is 79.9. The van der Waals surface area contributed by atoms with Crippen LogP contribution in [-0.4, -0.2) is 16.2 Å². The van der Waals surface area contributed by atoms with E-state index in [9.17, 15) is 9.18 Å². The molecule has 2 amide bonds. The molecule has 0 atom stereocenters. The average molecular weight is 440 g/mol. The second-order valence-corrected chi connectivity index (χ2v) is 7.04. The fraction of sp³-hybridized carbons (Fsp3) is 0. The number of rotatable bonds is 3. The van der Waals surface area contributed by atoms with Crippen LogP contribution >= 0.6 is 15.9 Å². The lowest BCUT2D eigenvalue weighted by atomic mass is 10.0. The molecule has 0 fully saturated rings. The number of anilines is 3. The van der Waals surface area contributed by atoms with Crippen LogP contribution in [0, 0.1) is 5.82 Å². The number of nitrogens with zero attached hydrogens (tertiary/aromatic N) is 1. The van der Waals surface area contributed by atoms with Gasteiger partial charge in [0.2, 0.25) is 0 Å². The molecule has 4 rings (SSSR count). The number of hydrogen-bond donors (Lipinski definition) is 4. The lowest BCUT2D eigenvalue weighted by Crippen LogP contribution is -2.19. The number of nitrogen functional groups attached to an aromatic ring is 1. The van der Waals surface area contributed by atoms with Crippen molar-refractivity contribution in [1.29, 1.82) is 0 Å². The summed E-state index contributed by atoms with van der Waals surface area (Å²) in [7, 11) is 0. The van der Waals surface area contributed by atoms with Crippen molar-refractivity contribution in [2.45, 2.75) is 0 Å². The Hall–Kier alpha value is -3.39. The Morgan fingerprint density at radius 2 is 1.79 bits per heavy atom. The van der Waals surface area contributed by atoms with Crippen LogP contribution in [0.1, 0.15) is 0 Å². The van der Waals surface area contributed by atoms with E-state index in [0.717, 1.165) is 4.47 Å². The van der Waals surface area contributed by atoms with Crippen LogP contribution in [0.3, 0.4) is 0 Å². The zero-order chi connectivity index (χ0) is 19.7. The monoisotopic (exact) mass is 439 g/mol. The lowest BCUT2D eigenvalue weighted by molar-refractivity contribution is 0.262. The minimum atomic E-state index is -0.395. The van der Waals surface area contributed by atoms with E-state index in [1.807, 2.05) is 12.1 Å². The fourth-order valence-electron chi connectivity index (χ4n) is 2.97. The topological polar surface area (TPSA) is 95.8 Å². The Kier molecular flexibility index (Phi) is 4.70. The number of halogens is 2. The number of aromatic nitrogens is 2. The standard InChI is InChI=1S/C20H15BrFN5O/c21-12-2-1-3-14(10-12)25-20(28)24-13-6-4-11(5-7-13)17-15(22)8-9-16-18(17)19(23)27-26-16/h1-10H,(H3,23,26,27)(H2,24,25,28). The van der Waals surface area contributed by atoms with Gasteiger partial charge in [0.05, 0.1) is 10.9 Å². The van der Waals surface area contributed by atoms with Gasteiger partial charge in [-0.2, -0.15) is 5.10 Å². The number of H-pyrrole nitrogens is 1. The predicted octanol–water partition coefficient (Wildman–Crippen LogP) is 5.36. The van der Waals surface area contributed by atoms with Gasteiger partial charge >= 0.3 is 6.03 Å². The molecular weight excluding hydrogens is 425 g/mol. The molecule has 4 aromatic rings. The number of amides is 2. The van der Waals surface area contributed by atoms with Crippen molar-refractivity contribution in [3.8, 4) is 11.1 Å². The average Bonchev–Trinajstić information content (AvgIpc) is 3.04. The number of urea groups is 1. The van der Waals surface area contributed by atoms with Crippen molar-refractivity contribution in [3.63, 3.8) is 0 Å². The normalized spacial score (nSPS) is 10.8. The van der Waals surface area contributed by atoms with Gasteiger partial charge in [-0.1, -0.05) is 34.1 Å². The molecule has 0 saturated heterocycles. The first-order chi connectivity index (χ1) is 13.5. The second kappa shape index (κ2) is 7.32. The van der Waals surface area contributed by atoms with Gasteiger partial charge in [0.1, 0.15) is 5.82 Å². The van der Waals surface area contributed by atoms with E-state index in [1.165, 1.54) is 6.07 Å². The van der Waals surface area contributed by atoms with Crippen LogP contribution < -0.4 is 16.4 Å². The Balaban J connectivity index is 1.56. The number of carbonyl (C=O) groups is 1. The summed E-state index contributed by atoms with van der Waals surface area (Å²) in [6.07, 6.45) is 0. The van der Waals surface area contributed by atoms with E-state index < -0.39 is 5.82 Å². The summed E-state index contributed by atoms with van der Waals surface area (Å²) >= 11 is 3.36. The first-order valence-corrected chi connectivity index (χ1v) is 9.16. The third kappa shape index (κ3) is 3.54. The summed E-state index contributed by atoms with van der Waals surface area (Å²) in [6.45, 7) is 0. The smallest absolute Gasteiger partial charge is 0.323 e. The molecule has 0 saturated carbocycles. The summed E-state index contributed by atoms with van der Waals surface area (Å²) in [5.41, 5.74) is 8.78. The van der Waals surface area contributed by atoms with Crippen molar-refractivity contribution < 1.29 is 9.18 Å². The molecule has 0 bridgehead atoms. The summed E-state index contributed by atoms with van der Waals surface area (Å²) in [5.74, 6) is -0.159. The number of aromatic amines is 1. The van der Waals surface area contributed by atoms with Gasteiger partial charge in [-0.05, 0) is 48.0 Å². The highest BCUT2D eigenvalue weighted by molar-refractivity contribution is 9.10. The molecule has 1 heterocycles. The van der Waals surface area contributed by atoms with Gasteiger partial charge in [0.15, 0.2) is 5.82 Å². The molecule has 0 aliphatic heterocycles. The molecule has 140 valence electrons. The Bertz CT molecular complexity index is 1170. The van der Waals surface area contributed by atoms with Crippen molar-refractivity contribution in [2.24, 2.45) is 0 Å². The second-order valence-electron chi connectivity index (χ2n) is 6.12. The van der Waals surface area contributed by atoms with Crippen molar-refractivity contribution in [1.82, 2.24) is 10.2 Å². The molecule has 0 aliphatic carbocycles. The number of carbonyl (C=O) groups excluding carboxylic acids is 1. The van der Waals surface area contributed by atoms with Crippen LogP contribution in [0.4, 0.5) is 26.4 Å². The largest absolute Gasteiger partial charge is 0.382 e. The van der Waals surface area contributed by atoms with Crippen LogP contribution in [0.25, 0.3) is 22.0 Å². The maximum atomic E-state index is 14.5. The van der Waals surface area contributed by atoms with Crippen molar-refractivity contribution >= 4 is 50.1 Å². The third-order valence-electron chi connectivity index (χ3n) is 4.22. The van der Waals surface area contributed by atoms with Gasteiger partial charge in [0.25, 0.3) is 0 Å². The zero-order valence-electron chi connectivity index (χ0n) is 14.5. The number of fused-ring (bicyclic) bond motifs is 1. The molecule has 8 heteroatoms. The Morgan fingerprint density at radius 3 is 2.54 bits per heavy atom. The summed E-state index contributed by atoms with van der Waals surface area (Å²) in [4.78, 5) is 12.2. The highest BCUT2D eigenvalue weighted by Crippen LogP contribution is 2.34. The van der Waals surface area contributed by atoms with Gasteiger partial charge < -0.3 is 16.4 Å². The molecule has 6 nitrogen and oxygen atoms in total. The van der Waals surface area contributed by atoms with E-state index in [-0.39, 0.29) is 11.8 Å². The Labute approximate surface area is 168 Å². The van der Waals surface area contributed by atoms with E-state index >= 15 is 0 Å². The molecule has 5 N–H and O–H groups in total. The van der Waals surface area contributed by atoms with Gasteiger partial charge in [-0.15, -0.1) is 0 Å². The molecule has 3 aromatic carbocycles. The van der Waals surface area contributed by atoms with Crippen molar-refractivity contribution in [2.75, 3.05) is 16.4 Å². The molecule has 0 spiro atoms. The summed E-state index contributed by atoms with van der Waals surface area (Å²) in [5, 5.41) is 12.7. The van der Waals surface area contributed by atoms with Gasteiger partial charge in [-0.3, -0.25) is 5.10 Å². The summed E-state index contributed by atoms with van der Waals surface area (Å²) in [6, 6.07) is 16.7. The molecule has 28 heavy (non-hydrogen) atoms. The lowest BCUT2D eigenvalue weighted by Gasteiger charge is -2.10. The van der Waals surface area contributed by atoms with Crippen LogP contribution in [0.15, 0.2) is 65.1 Å². The van der Waals surface area contributed by atoms with E-state index in [0.29, 0.717) is 33.4 Å². The quantitative estimate of drug-likeness (QED) is 0.346. The first kappa shape index (κ1) is 18.0. The third-order valence-corrected chi connectivity index (χ3v) is 4.71. The maximum absolute atomic E-state index is 14.5. The maximum Gasteiger partial charge on any atom is 0.323 e. The Morgan fingerprint density at radius 1 is 1.04 bits per heavy atom. The molecule has 0 radical (unpaired) electrons. The molecule has 0 unspecified atom stereocenters. The van der Waals surface area contributed by atoms with Gasteiger partial charge in [-0.25, -0.2) is 9.18 Å². The van der Waals surface area contributed by atoms with Gasteiger partial charge in [0, 0.05) is 21.4 Å². The SMILES string of the molecule is Nc1n[nH]c2ccc(F)c(-c3ccc(NC(=O)Nc4cccc(Br)c4)cc3)c12. The minimum absolute atomic E-state index is 0.236. The van der Waals surface area contributed by atoms with E-state index in [1.54, 1.807) is 42.5 Å². The van der Waals surface area contributed by atoms with E-state index in [2.05, 4.69) is 36.8 Å². The minimum Gasteiger partial charge on any atom is -0.382 e. The molecular formula is C20H15BrFN5O. The van der Waals surface area contributed by atoms with Crippen LogP contribution in [-0.2, 0) is 0 Å².